The molecule has 9 nitrogen and oxygen atoms in total. The highest BCUT2D eigenvalue weighted by Crippen LogP contribution is 2.29. The van der Waals surface area contributed by atoms with Gasteiger partial charge >= 0.3 is 0 Å². The number of aryl methyl sites for hydroxylation is 2. The van der Waals surface area contributed by atoms with E-state index >= 15 is 0 Å². The van der Waals surface area contributed by atoms with Gasteiger partial charge in [0.15, 0.2) is 6.61 Å². The van der Waals surface area contributed by atoms with Crippen LogP contribution in [0, 0.1) is 13.8 Å². The van der Waals surface area contributed by atoms with E-state index in [1.54, 1.807) is 61.5 Å². The van der Waals surface area contributed by atoms with E-state index in [2.05, 4.69) is 15.8 Å². The van der Waals surface area contributed by atoms with Crippen LogP contribution in [-0.2, 0) is 19.6 Å². The van der Waals surface area contributed by atoms with Gasteiger partial charge in [0.25, 0.3) is 21.8 Å². The lowest BCUT2D eigenvalue weighted by atomic mass is 10.1. The summed E-state index contributed by atoms with van der Waals surface area (Å²) in [6, 6.07) is 27.4. The minimum absolute atomic E-state index is 0.0549. The van der Waals surface area contributed by atoms with E-state index in [4.69, 9.17) is 16.3 Å². The minimum Gasteiger partial charge on any atom is -0.484 e. The number of sulfonamides is 1. The molecule has 0 radical (unpaired) electrons. The van der Waals surface area contributed by atoms with E-state index in [1.165, 1.54) is 18.3 Å². The van der Waals surface area contributed by atoms with E-state index < -0.39 is 22.5 Å². The van der Waals surface area contributed by atoms with Crippen LogP contribution in [0.5, 0.6) is 5.75 Å². The monoisotopic (exact) mass is 632 g/mol. The standard InChI is InChI=1S/C33H33ClN4O5S/c1-23-9-16-30(17-10-23)44(41,42)38(31-18-13-28(34)19-24(31)2)21-32(39)37-35-20-26-11-14-29(15-12-26)43-22-33(40)36-25(3)27-7-5-4-6-8-27/h4-20,25H,21-22H2,1-3H3,(H,36,40)(H,37,39)/b35-20-/t25-/m1/s1. The predicted molar refractivity (Wildman–Crippen MR) is 173 cm³/mol. The molecule has 1 atom stereocenters. The van der Waals surface area contributed by atoms with Gasteiger partial charge in [0.1, 0.15) is 12.3 Å². The first-order chi connectivity index (χ1) is 21.0. The van der Waals surface area contributed by atoms with Crippen LogP contribution < -0.4 is 19.8 Å². The van der Waals surface area contributed by atoms with Crippen molar-refractivity contribution in [3.63, 3.8) is 0 Å². The molecule has 2 N–H and O–H groups in total. The lowest BCUT2D eigenvalue weighted by Crippen LogP contribution is -2.40. The fraction of sp³-hybridized carbons (Fsp3) is 0.182. The van der Waals surface area contributed by atoms with Gasteiger partial charge in [-0.1, -0.05) is 59.6 Å². The molecule has 0 aromatic heterocycles. The molecule has 0 fully saturated rings. The third-order valence-corrected chi connectivity index (χ3v) is 8.66. The Morgan fingerprint density at radius 3 is 2.27 bits per heavy atom. The Bertz CT molecular complexity index is 1730. The molecule has 0 aliphatic rings. The van der Waals surface area contributed by atoms with Gasteiger partial charge in [-0.2, -0.15) is 5.10 Å². The van der Waals surface area contributed by atoms with Gasteiger partial charge in [0.2, 0.25) is 0 Å². The molecule has 4 aromatic rings. The molecule has 0 saturated heterocycles. The van der Waals surface area contributed by atoms with Crippen LogP contribution in [0.15, 0.2) is 107 Å². The number of halogens is 1. The van der Waals surface area contributed by atoms with Gasteiger partial charge in [-0.25, -0.2) is 13.8 Å². The molecule has 0 saturated carbocycles. The van der Waals surface area contributed by atoms with E-state index in [0.29, 0.717) is 27.6 Å². The maximum Gasteiger partial charge on any atom is 0.264 e. The van der Waals surface area contributed by atoms with Crippen molar-refractivity contribution >= 4 is 45.3 Å². The van der Waals surface area contributed by atoms with Crippen LogP contribution in [-0.4, -0.2) is 39.6 Å². The topological polar surface area (TPSA) is 117 Å². The SMILES string of the molecule is Cc1ccc(S(=O)(=O)N(CC(=O)N/N=C\c2ccc(OCC(=O)N[C@H](C)c3ccccc3)cc2)c2ccc(Cl)cc2C)cc1. The van der Waals surface area contributed by atoms with Gasteiger partial charge in [-0.15, -0.1) is 0 Å². The molecule has 228 valence electrons. The second kappa shape index (κ2) is 14.7. The average Bonchev–Trinajstić information content (AvgIpc) is 3.00. The summed E-state index contributed by atoms with van der Waals surface area (Å²) in [5, 5.41) is 7.33. The Morgan fingerprint density at radius 1 is 0.932 bits per heavy atom. The second-order valence-corrected chi connectivity index (χ2v) is 12.4. The summed E-state index contributed by atoms with van der Waals surface area (Å²) in [7, 11) is -4.08. The Labute approximate surface area is 262 Å². The smallest absolute Gasteiger partial charge is 0.264 e. The minimum atomic E-state index is -4.08. The third kappa shape index (κ3) is 8.68. The van der Waals surface area contributed by atoms with Crippen molar-refractivity contribution in [1.82, 2.24) is 10.7 Å². The zero-order valence-electron chi connectivity index (χ0n) is 24.5. The van der Waals surface area contributed by atoms with Crippen LogP contribution in [0.25, 0.3) is 0 Å². The third-order valence-electron chi connectivity index (χ3n) is 6.65. The maximum absolute atomic E-state index is 13.6. The molecule has 0 aliphatic carbocycles. The summed E-state index contributed by atoms with van der Waals surface area (Å²) < 4.78 is 33.8. The number of hydrazone groups is 1. The molecule has 2 amide bonds. The van der Waals surface area contributed by atoms with E-state index in [-0.39, 0.29) is 23.5 Å². The highest BCUT2D eigenvalue weighted by Gasteiger charge is 2.28. The molecule has 0 bridgehead atoms. The summed E-state index contributed by atoms with van der Waals surface area (Å²) in [5.74, 6) is -0.395. The summed E-state index contributed by atoms with van der Waals surface area (Å²) in [5.41, 5.74) is 5.87. The van der Waals surface area contributed by atoms with Crippen molar-refractivity contribution in [1.29, 1.82) is 0 Å². The van der Waals surface area contributed by atoms with Gasteiger partial charge in [-0.3, -0.25) is 13.9 Å². The van der Waals surface area contributed by atoms with E-state index in [1.807, 2.05) is 44.2 Å². The number of hydrogen-bond donors (Lipinski definition) is 2. The Balaban J connectivity index is 1.35. The first kappa shape index (κ1) is 32.2. The highest BCUT2D eigenvalue weighted by molar-refractivity contribution is 7.92. The first-order valence-electron chi connectivity index (χ1n) is 13.8. The number of anilines is 1. The first-order valence-corrected chi connectivity index (χ1v) is 15.6. The van der Waals surface area contributed by atoms with Crippen molar-refractivity contribution < 1.29 is 22.7 Å². The van der Waals surface area contributed by atoms with Crippen LogP contribution in [0.3, 0.4) is 0 Å². The number of amides is 2. The Hall–Kier alpha value is -4.67. The predicted octanol–water partition coefficient (Wildman–Crippen LogP) is 5.56. The Kier molecular flexibility index (Phi) is 10.8. The van der Waals surface area contributed by atoms with Gasteiger partial charge in [0.05, 0.1) is 22.8 Å². The van der Waals surface area contributed by atoms with E-state index in [9.17, 15) is 18.0 Å². The molecule has 0 unspecified atom stereocenters. The quantitative estimate of drug-likeness (QED) is 0.157. The molecule has 4 aromatic carbocycles. The van der Waals surface area contributed by atoms with E-state index in [0.717, 1.165) is 15.4 Å². The molecular weight excluding hydrogens is 600 g/mol. The lowest BCUT2D eigenvalue weighted by Gasteiger charge is -2.25. The Morgan fingerprint density at radius 2 is 1.61 bits per heavy atom. The number of ether oxygens (including phenoxy) is 1. The summed E-state index contributed by atoms with van der Waals surface area (Å²) >= 11 is 6.09. The molecular formula is C33H33ClN4O5S. The lowest BCUT2D eigenvalue weighted by molar-refractivity contribution is -0.123. The molecule has 11 heteroatoms. The summed E-state index contributed by atoms with van der Waals surface area (Å²) in [6.45, 7) is 4.83. The fourth-order valence-corrected chi connectivity index (χ4v) is 6.00. The number of rotatable bonds is 12. The maximum atomic E-state index is 13.6. The van der Waals surface area contributed by atoms with Crippen molar-refractivity contribution in [2.45, 2.75) is 31.7 Å². The van der Waals surface area contributed by atoms with Crippen molar-refractivity contribution in [3.05, 3.63) is 124 Å². The molecule has 0 heterocycles. The van der Waals surface area contributed by atoms with Crippen LogP contribution in [0.1, 0.15) is 35.2 Å². The van der Waals surface area contributed by atoms with Gasteiger partial charge in [0, 0.05) is 5.02 Å². The van der Waals surface area contributed by atoms with Crippen molar-refractivity contribution in [3.8, 4) is 5.75 Å². The number of carbonyl (C=O) groups is 2. The second-order valence-electron chi connectivity index (χ2n) is 10.1. The van der Waals surface area contributed by atoms with Crippen molar-refractivity contribution in [2.24, 2.45) is 5.10 Å². The van der Waals surface area contributed by atoms with Crippen LogP contribution in [0.4, 0.5) is 5.69 Å². The summed E-state index contributed by atoms with van der Waals surface area (Å²) in [6.07, 6.45) is 1.42. The highest BCUT2D eigenvalue weighted by atomic mass is 35.5. The number of nitrogens with zero attached hydrogens (tertiary/aromatic N) is 2. The largest absolute Gasteiger partial charge is 0.484 e. The van der Waals surface area contributed by atoms with Crippen LogP contribution in [0.2, 0.25) is 5.02 Å². The zero-order chi connectivity index (χ0) is 31.7. The van der Waals surface area contributed by atoms with Crippen LogP contribution >= 0.6 is 11.6 Å². The number of nitrogens with one attached hydrogen (secondary N) is 2. The molecule has 0 aliphatic heterocycles. The fourth-order valence-electron chi connectivity index (χ4n) is 4.29. The van der Waals surface area contributed by atoms with Gasteiger partial charge < -0.3 is 10.1 Å². The normalized spacial score (nSPS) is 12.0. The van der Waals surface area contributed by atoms with Crippen molar-refractivity contribution in [2.75, 3.05) is 17.5 Å². The number of carbonyl (C=O) groups excluding carboxylic acids is 2. The molecule has 44 heavy (non-hydrogen) atoms. The number of hydrogen-bond acceptors (Lipinski definition) is 6. The average molecular weight is 633 g/mol. The molecule has 0 spiro atoms. The number of benzene rings is 4. The molecule has 4 rings (SSSR count). The zero-order valence-corrected chi connectivity index (χ0v) is 26.1. The summed E-state index contributed by atoms with van der Waals surface area (Å²) in [4.78, 5) is 25.2. The van der Waals surface area contributed by atoms with Gasteiger partial charge in [-0.05, 0) is 92.1 Å².